The molecule has 1 aromatic heterocycles. The lowest BCUT2D eigenvalue weighted by atomic mass is 10.1. The van der Waals surface area contributed by atoms with Crippen LogP contribution < -0.4 is 4.74 Å². The standard InChI is InChI=1S/C10H7BrF5NO3/c11-3-4-1-6(9(12)13)17-5(2-7(18)19)8(4)20-10(14,15)16/h1,9H,2-3H2,(H,18,19). The predicted octanol–water partition coefficient (Wildman–Crippen LogP) is 3.44. The average Bonchev–Trinajstić information content (AvgIpc) is 2.28. The third kappa shape index (κ3) is 4.58. The van der Waals surface area contributed by atoms with Crippen LogP contribution in [0, 0.1) is 0 Å². The molecule has 112 valence electrons. The van der Waals surface area contributed by atoms with Crippen molar-refractivity contribution in [3.63, 3.8) is 0 Å². The largest absolute Gasteiger partial charge is 0.573 e. The van der Waals surface area contributed by atoms with Gasteiger partial charge >= 0.3 is 12.3 Å². The van der Waals surface area contributed by atoms with Crippen LogP contribution in [0.15, 0.2) is 6.07 Å². The van der Waals surface area contributed by atoms with Gasteiger partial charge in [0.15, 0.2) is 5.75 Å². The molecule has 0 unspecified atom stereocenters. The first kappa shape index (κ1) is 16.6. The molecule has 10 heteroatoms. The number of hydrogen-bond acceptors (Lipinski definition) is 3. The highest BCUT2D eigenvalue weighted by Gasteiger charge is 2.34. The molecule has 0 fully saturated rings. The molecule has 0 saturated heterocycles. The first-order chi connectivity index (χ1) is 9.14. The molecule has 0 radical (unpaired) electrons. The molecule has 0 aliphatic rings. The Morgan fingerprint density at radius 2 is 2.05 bits per heavy atom. The predicted molar refractivity (Wildman–Crippen MR) is 59.8 cm³/mol. The maximum absolute atomic E-state index is 12.6. The molecule has 0 bridgehead atoms. The second-order valence-corrected chi connectivity index (χ2v) is 4.10. The van der Waals surface area contributed by atoms with Crippen LogP contribution in [0.1, 0.15) is 23.4 Å². The summed E-state index contributed by atoms with van der Waals surface area (Å²) in [6.07, 6.45) is -9.09. The van der Waals surface area contributed by atoms with Gasteiger partial charge in [-0.3, -0.25) is 4.79 Å². The van der Waals surface area contributed by atoms with Crippen molar-refractivity contribution in [3.05, 3.63) is 23.0 Å². The quantitative estimate of drug-likeness (QED) is 0.643. The molecule has 0 saturated carbocycles. The Morgan fingerprint density at radius 1 is 1.45 bits per heavy atom. The average molecular weight is 364 g/mol. The minimum Gasteiger partial charge on any atom is -0.481 e. The molecule has 1 N–H and O–H groups in total. The maximum atomic E-state index is 12.6. The number of halogens is 6. The fourth-order valence-electron chi connectivity index (χ4n) is 1.38. The van der Waals surface area contributed by atoms with Crippen LogP contribution in [-0.2, 0) is 16.5 Å². The Hall–Kier alpha value is -1.45. The van der Waals surface area contributed by atoms with Crippen molar-refractivity contribution in [2.24, 2.45) is 0 Å². The summed E-state index contributed by atoms with van der Waals surface area (Å²) in [7, 11) is 0. The minimum atomic E-state index is -5.09. The van der Waals surface area contributed by atoms with Gasteiger partial charge in [0, 0.05) is 10.9 Å². The van der Waals surface area contributed by atoms with Gasteiger partial charge in [-0.1, -0.05) is 15.9 Å². The molecule has 0 amide bonds. The Labute approximate surface area is 117 Å². The lowest BCUT2D eigenvalue weighted by Crippen LogP contribution is -2.21. The lowest BCUT2D eigenvalue weighted by Gasteiger charge is -2.16. The van der Waals surface area contributed by atoms with Crippen LogP contribution >= 0.6 is 15.9 Å². The third-order valence-electron chi connectivity index (χ3n) is 2.04. The molecule has 1 rings (SSSR count). The van der Waals surface area contributed by atoms with Gasteiger partial charge in [0.25, 0.3) is 6.43 Å². The van der Waals surface area contributed by atoms with Crippen molar-refractivity contribution >= 4 is 21.9 Å². The van der Waals surface area contributed by atoms with Crippen LogP contribution in [0.5, 0.6) is 5.75 Å². The molecule has 0 aliphatic heterocycles. The van der Waals surface area contributed by atoms with Crippen LogP contribution in [0.25, 0.3) is 0 Å². The smallest absolute Gasteiger partial charge is 0.481 e. The van der Waals surface area contributed by atoms with Crippen LogP contribution in [-0.4, -0.2) is 22.4 Å². The van der Waals surface area contributed by atoms with E-state index in [2.05, 4.69) is 25.7 Å². The number of aromatic nitrogens is 1. The third-order valence-corrected chi connectivity index (χ3v) is 2.65. The number of nitrogens with zero attached hydrogens (tertiary/aromatic N) is 1. The van der Waals surface area contributed by atoms with E-state index in [9.17, 15) is 26.7 Å². The molecule has 0 aromatic carbocycles. The van der Waals surface area contributed by atoms with Gasteiger partial charge < -0.3 is 9.84 Å². The summed E-state index contributed by atoms with van der Waals surface area (Å²) in [5.41, 5.74) is -1.78. The van der Waals surface area contributed by atoms with E-state index >= 15 is 0 Å². The summed E-state index contributed by atoms with van der Waals surface area (Å²) >= 11 is 2.83. The monoisotopic (exact) mass is 363 g/mol. The molecule has 0 spiro atoms. The molecule has 0 atom stereocenters. The van der Waals surface area contributed by atoms with Gasteiger partial charge in [-0.25, -0.2) is 13.8 Å². The number of ether oxygens (including phenoxy) is 1. The van der Waals surface area contributed by atoms with E-state index < -0.39 is 42.3 Å². The second-order valence-electron chi connectivity index (χ2n) is 3.53. The molecule has 20 heavy (non-hydrogen) atoms. The second kappa shape index (κ2) is 6.33. The fraction of sp³-hybridized carbons (Fsp3) is 0.400. The topological polar surface area (TPSA) is 59.4 Å². The number of carboxylic acid groups (broad SMARTS) is 1. The van der Waals surface area contributed by atoms with E-state index in [0.29, 0.717) is 0 Å². The highest BCUT2D eigenvalue weighted by Crippen LogP contribution is 2.33. The van der Waals surface area contributed by atoms with Gasteiger partial charge in [0.05, 0.1) is 12.1 Å². The Bertz CT molecular complexity index is 506. The number of carboxylic acids is 1. The van der Waals surface area contributed by atoms with Crippen molar-refractivity contribution in [1.82, 2.24) is 4.98 Å². The summed E-state index contributed by atoms with van der Waals surface area (Å²) in [6, 6.07) is 0.728. The zero-order valence-electron chi connectivity index (χ0n) is 9.55. The molecular formula is C10H7BrF5NO3. The minimum absolute atomic E-state index is 0.229. The van der Waals surface area contributed by atoms with E-state index in [4.69, 9.17) is 5.11 Å². The highest BCUT2D eigenvalue weighted by atomic mass is 79.9. The highest BCUT2D eigenvalue weighted by molar-refractivity contribution is 9.08. The van der Waals surface area contributed by atoms with E-state index in [1.165, 1.54) is 0 Å². The van der Waals surface area contributed by atoms with E-state index in [0.717, 1.165) is 6.07 Å². The molecule has 4 nitrogen and oxygen atoms in total. The number of pyridine rings is 1. The molecule has 1 aromatic rings. The first-order valence-corrected chi connectivity index (χ1v) is 6.10. The van der Waals surface area contributed by atoms with Crippen molar-refractivity contribution < 1.29 is 36.6 Å². The summed E-state index contributed by atoms with van der Waals surface area (Å²) in [5.74, 6) is -2.39. The zero-order valence-corrected chi connectivity index (χ0v) is 11.1. The number of aliphatic carboxylic acids is 1. The van der Waals surface area contributed by atoms with Gasteiger partial charge in [0.2, 0.25) is 0 Å². The van der Waals surface area contributed by atoms with E-state index in [1.807, 2.05) is 0 Å². The Morgan fingerprint density at radius 3 is 2.45 bits per heavy atom. The zero-order chi connectivity index (χ0) is 15.5. The summed E-state index contributed by atoms with van der Waals surface area (Å²) in [4.78, 5) is 13.8. The normalized spacial score (nSPS) is 11.8. The Kier molecular flexibility index (Phi) is 5.26. The van der Waals surface area contributed by atoms with Crippen LogP contribution in [0.4, 0.5) is 22.0 Å². The van der Waals surface area contributed by atoms with Crippen molar-refractivity contribution in [2.75, 3.05) is 0 Å². The summed E-state index contributed by atoms with van der Waals surface area (Å²) < 4.78 is 65.7. The van der Waals surface area contributed by atoms with Crippen LogP contribution in [0.2, 0.25) is 0 Å². The maximum Gasteiger partial charge on any atom is 0.573 e. The van der Waals surface area contributed by atoms with Gasteiger partial charge in [0.1, 0.15) is 5.69 Å². The number of hydrogen-bond donors (Lipinski definition) is 1. The molecular weight excluding hydrogens is 357 g/mol. The molecule has 1 heterocycles. The number of rotatable bonds is 5. The summed E-state index contributed by atoms with van der Waals surface area (Å²) in [6.45, 7) is 0. The molecule has 0 aliphatic carbocycles. The van der Waals surface area contributed by atoms with E-state index in [-0.39, 0.29) is 10.9 Å². The summed E-state index contributed by atoms with van der Waals surface area (Å²) in [5, 5.41) is 8.38. The van der Waals surface area contributed by atoms with E-state index in [1.54, 1.807) is 0 Å². The van der Waals surface area contributed by atoms with Gasteiger partial charge in [-0.2, -0.15) is 0 Å². The van der Waals surface area contributed by atoms with Crippen molar-refractivity contribution in [3.8, 4) is 5.75 Å². The van der Waals surface area contributed by atoms with Crippen LogP contribution in [0.3, 0.4) is 0 Å². The lowest BCUT2D eigenvalue weighted by molar-refractivity contribution is -0.275. The fourth-order valence-corrected chi connectivity index (χ4v) is 1.80. The number of alkyl halides is 6. The van der Waals surface area contributed by atoms with Crippen molar-refractivity contribution in [1.29, 1.82) is 0 Å². The van der Waals surface area contributed by atoms with Gasteiger partial charge in [-0.15, -0.1) is 13.2 Å². The van der Waals surface area contributed by atoms with Gasteiger partial charge in [-0.05, 0) is 6.07 Å². The number of carbonyl (C=O) groups is 1. The SMILES string of the molecule is O=C(O)Cc1nc(C(F)F)cc(CBr)c1OC(F)(F)F. The first-order valence-electron chi connectivity index (χ1n) is 4.98. The van der Waals surface area contributed by atoms with Crippen molar-refractivity contribution in [2.45, 2.75) is 24.5 Å². The Balaban J connectivity index is 3.39.